The first-order chi connectivity index (χ1) is 14.9. The Bertz CT molecular complexity index is 1120. The van der Waals surface area contributed by atoms with Gasteiger partial charge >= 0.3 is 6.18 Å². The summed E-state index contributed by atoms with van der Waals surface area (Å²) < 4.78 is 44.8. The molecule has 0 aliphatic carbocycles. The van der Waals surface area contributed by atoms with Crippen molar-refractivity contribution in [3.8, 4) is 17.3 Å². The topological polar surface area (TPSA) is 120 Å². The fourth-order valence-electron chi connectivity index (χ4n) is 3.69. The van der Waals surface area contributed by atoms with Crippen molar-refractivity contribution in [2.24, 2.45) is 5.92 Å². The van der Waals surface area contributed by atoms with E-state index in [1.165, 1.54) is 12.4 Å². The number of aromatic amines is 1. The summed E-state index contributed by atoms with van der Waals surface area (Å²) in [6.45, 7) is 1.06. The number of halogens is 3. The SMILES string of the molecule is N#Cc1cnc(NC(CO)C2CCOCC2)nc1-c1c[nH]c2ncc(C(F)(F)F)cc12. The van der Waals surface area contributed by atoms with Gasteiger partial charge in [-0.25, -0.2) is 15.0 Å². The first-order valence-corrected chi connectivity index (χ1v) is 9.67. The van der Waals surface area contributed by atoms with Crippen LogP contribution in [0.4, 0.5) is 19.1 Å². The van der Waals surface area contributed by atoms with Crippen LogP contribution in [0.2, 0.25) is 0 Å². The lowest BCUT2D eigenvalue weighted by molar-refractivity contribution is -0.137. The summed E-state index contributed by atoms with van der Waals surface area (Å²) in [5.41, 5.74) is -0.0594. The second-order valence-corrected chi connectivity index (χ2v) is 7.27. The molecular formula is C20H19F3N6O2. The number of hydrogen-bond acceptors (Lipinski definition) is 7. The van der Waals surface area contributed by atoms with Crippen LogP contribution in [0.5, 0.6) is 0 Å². The molecule has 3 aromatic heterocycles. The van der Waals surface area contributed by atoms with Crippen LogP contribution < -0.4 is 5.32 Å². The third kappa shape index (κ3) is 4.30. The molecule has 31 heavy (non-hydrogen) atoms. The van der Waals surface area contributed by atoms with Crippen molar-refractivity contribution in [3.63, 3.8) is 0 Å². The smallest absolute Gasteiger partial charge is 0.394 e. The maximum atomic E-state index is 13.2. The molecule has 1 saturated heterocycles. The highest BCUT2D eigenvalue weighted by atomic mass is 19.4. The van der Waals surface area contributed by atoms with E-state index in [4.69, 9.17) is 4.74 Å². The van der Waals surface area contributed by atoms with E-state index in [1.807, 2.05) is 6.07 Å². The number of rotatable bonds is 5. The van der Waals surface area contributed by atoms with Crippen molar-refractivity contribution in [1.82, 2.24) is 19.9 Å². The van der Waals surface area contributed by atoms with E-state index in [0.717, 1.165) is 25.1 Å². The number of nitrogens with one attached hydrogen (secondary N) is 2. The van der Waals surface area contributed by atoms with E-state index >= 15 is 0 Å². The average molecular weight is 432 g/mol. The molecule has 0 bridgehead atoms. The van der Waals surface area contributed by atoms with Crippen molar-refractivity contribution in [2.45, 2.75) is 25.1 Å². The van der Waals surface area contributed by atoms with Gasteiger partial charge in [-0.2, -0.15) is 18.4 Å². The molecule has 0 spiro atoms. The Morgan fingerprint density at radius 1 is 1.29 bits per heavy atom. The van der Waals surface area contributed by atoms with Crippen LogP contribution in [0.25, 0.3) is 22.3 Å². The van der Waals surface area contributed by atoms with Gasteiger partial charge in [0.05, 0.1) is 35.7 Å². The standard InChI is InChI=1S/C20H19F3N6O2/c21-20(22,23)13-5-14-15(9-26-18(14)25-8-13)17-12(6-24)7-27-19(29-17)28-16(10-30)11-1-3-31-4-2-11/h5,7-9,11,16,30H,1-4,10H2,(H,25,26)(H,27,28,29). The highest BCUT2D eigenvalue weighted by Gasteiger charge is 2.32. The van der Waals surface area contributed by atoms with Crippen LogP contribution >= 0.6 is 0 Å². The Labute approximate surface area is 175 Å². The second kappa shape index (κ2) is 8.49. The van der Waals surface area contributed by atoms with Gasteiger partial charge in [0.2, 0.25) is 5.95 Å². The fourth-order valence-corrected chi connectivity index (χ4v) is 3.69. The zero-order valence-electron chi connectivity index (χ0n) is 16.3. The number of aliphatic hydroxyl groups excluding tert-OH is 1. The van der Waals surface area contributed by atoms with Gasteiger partial charge in [-0.05, 0) is 24.8 Å². The Kier molecular flexibility index (Phi) is 5.75. The van der Waals surface area contributed by atoms with Gasteiger partial charge in [-0.3, -0.25) is 0 Å². The minimum atomic E-state index is -4.55. The Balaban J connectivity index is 1.72. The maximum absolute atomic E-state index is 13.2. The first kappa shape index (κ1) is 21.0. The molecule has 162 valence electrons. The van der Waals surface area contributed by atoms with E-state index in [2.05, 4.69) is 25.3 Å². The van der Waals surface area contributed by atoms with Crippen LogP contribution in [-0.2, 0) is 10.9 Å². The summed E-state index contributed by atoms with van der Waals surface area (Å²) in [5.74, 6) is 0.335. The predicted octanol–water partition coefficient (Wildman–Crippen LogP) is 3.11. The molecule has 1 aliphatic heterocycles. The molecule has 8 nitrogen and oxygen atoms in total. The molecule has 3 aromatic rings. The van der Waals surface area contributed by atoms with E-state index in [0.29, 0.717) is 18.8 Å². The minimum absolute atomic E-state index is 0.107. The number of pyridine rings is 1. The molecule has 3 N–H and O–H groups in total. The number of nitriles is 1. The molecule has 1 atom stereocenters. The molecular weight excluding hydrogens is 413 g/mol. The Morgan fingerprint density at radius 2 is 2.06 bits per heavy atom. The first-order valence-electron chi connectivity index (χ1n) is 9.67. The molecule has 0 aromatic carbocycles. The number of ether oxygens (including phenoxy) is 1. The van der Waals surface area contributed by atoms with Crippen LogP contribution in [0.15, 0.2) is 24.7 Å². The molecule has 11 heteroatoms. The van der Waals surface area contributed by atoms with Gasteiger partial charge in [0.15, 0.2) is 0 Å². The van der Waals surface area contributed by atoms with Crippen molar-refractivity contribution in [3.05, 3.63) is 35.8 Å². The summed E-state index contributed by atoms with van der Waals surface area (Å²) in [6, 6.07) is 2.64. The average Bonchev–Trinajstić information content (AvgIpc) is 3.20. The Morgan fingerprint density at radius 3 is 2.74 bits per heavy atom. The quantitative estimate of drug-likeness (QED) is 0.567. The molecule has 4 heterocycles. The van der Waals surface area contributed by atoms with Crippen LogP contribution in [-0.4, -0.2) is 50.9 Å². The normalized spacial score (nSPS) is 16.2. The second-order valence-electron chi connectivity index (χ2n) is 7.27. The number of alkyl halides is 3. The molecule has 0 amide bonds. The highest BCUT2D eigenvalue weighted by Crippen LogP contribution is 2.35. The lowest BCUT2D eigenvalue weighted by atomic mass is 9.92. The molecule has 0 radical (unpaired) electrons. The number of hydrogen-bond donors (Lipinski definition) is 3. The Hall–Kier alpha value is -3.23. The van der Waals surface area contributed by atoms with Crippen LogP contribution in [0, 0.1) is 17.2 Å². The van der Waals surface area contributed by atoms with Gasteiger partial charge in [0.1, 0.15) is 11.7 Å². The monoisotopic (exact) mass is 432 g/mol. The summed E-state index contributed by atoms with van der Waals surface area (Å²) >= 11 is 0. The summed E-state index contributed by atoms with van der Waals surface area (Å²) in [4.78, 5) is 15.2. The van der Waals surface area contributed by atoms with Crippen molar-refractivity contribution in [1.29, 1.82) is 5.26 Å². The minimum Gasteiger partial charge on any atom is -0.394 e. The summed E-state index contributed by atoms with van der Waals surface area (Å²) in [6.07, 6.45) is 0.520. The number of H-pyrrole nitrogens is 1. The largest absolute Gasteiger partial charge is 0.417 e. The lowest BCUT2D eigenvalue weighted by Gasteiger charge is -2.29. The van der Waals surface area contributed by atoms with Crippen LogP contribution in [0.3, 0.4) is 0 Å². The number of anilines is 1. The highest BCUT2D eigenvalue weighted by molar-refractivity contribution is 5.94. The molecule has 1 unspecified atom stereocenters. The summed E-state index contributed by atoms with van der Waals surface area (Å²) in [7, 11) is 0. The zero-order valence-corrected chi connectivity index (χ0v) is 16.3. The van der Waals surface area contributed by atoms with E-state index < -0.39 is 11.7 Å². The molecule has 4 rings (SSSR count). The number of aliphatic hydroxyl groups is 1. The maximum Gasteiger partial charge on any atom is 0.417 e. The van der Waals surface area contributed by atoms with Gasteiger partial charge in [-0.1, -0.05) is 0 Å². The van der Waals surface area contributed by atoms with Gasteiger partial charge in [-0.15, -0.1) is 0 Å². The van der Waals surface area contributed by atoms with Gasteiger partial charge in [0, 0.05) is 36.6 Å². The predicted molar refractivity (Wildman–Crippen MR) is 105 cm³/mol. The van der Waals surface area contributed by atoms with Crippen molar-refractivity contribution < 1.29 is 23.0 Å². The fraction of sp³-hybridized carbons (Fsp3) is 0.400. The molecule has 1 aliphatic rings. The van der Waals surface area contributed by atoms with E-state index in [-0.39, 0.29) is 46.8 Å². The lowest BCUT2D eigenvalue weighted by Crippen LogP contribution is -2.36. The van der Waals surface area contributed by atoms with E-state index in [1.54, 1.807) is 0 Å². The van der Waals surface area contributed by atoms with Crippen molar-refractivity contribution >= 4 is 17.0 Å². The number of aromatic nitrogens is 4. The third-order valence-electron chi connectivity index (χ3n) is 5.37. The van der Waals surface area contributed by atoms with Gasteiger partial charge < -0.3 is 20.1 Å². The zero-order chi connectivity index (χ0) is 22.0. The number of fused-ring (bicyclic) bond motifs is 1. The van der Waals surface area contributed by atoms with Crippen molar-refractivity contribution in [2.75, 3.05) is 25.1 Å². The summed E-state index contributed by atoms with van der Waals surface area (Å²) in [5, 5.41) is 22.6. The van der Waals surface area contributed by atoms with E-state index in [9.17, 15) is 23.5 Å². The van der Waals surface area contributed by atoms with Crippen LogP contribution in [0.1, 0.15) is 24.0 Å². The van der Waals surface area contributed by atoms with Gasteiger partial charge in [0.25, 0.3) is 0 Å². The molecule has 1 fully saturated rings. The molecule has 0 saturated carbocycles. The third-order valence-corrected chi connectivity index (χ3v) is 5.37. The number of nitrogens with zero attached hydrogens (tertiary/aromatic N) is 4.